The molecule has 2 heterocycles. The lowest BCUT2D eigenvalue weighted by Crippen LogP contribution is -2.36. The molecule has 1 aromatic rings. The number of aromatic nitrogens is 1. The Kier molecular flexibility index (Phi) is 3.71. The molecule has 2 atom stereocenters. The molecule has 2 rings (SSSR count). The van der Waals surface area contributed by atoms with Crippen molar-refractivity contribution in [2.24, 2.45) is 0 Å². The number of methoxy groups -OCH3 is 1. The van der Waals surface area contributed by atoms with Gasteiger partial charge in [0.2, 0.25) is 0 Å². The summed E-state index contributed by atoms with van der Waals surface area (Å²) in [6.45, 7) is 1.13. The van der Waals surface area contributed by atoms with Crippen molar-refractivity contribution in [2.45, 2.75) is 25.1 Å². The van der Waals surface area contributed by atoms with Gasteiger partial charge in [0.15, 0.2) is 0 Å². The van der Waals surface area contributed by atoms with Crippen LogP contribution in [-0.4, -0.2) is 46.8 Å². The van der Waals surface area contributed by atoms with E-state index in [1.54, 1.807) is 12.4 Å². The van der Waals surface area contributed by atoms with Gasteiger partial charge in [-0.05, 0) is 17.7 Å². The van der Waals surface area contributed by atoms with Gasteiger partial charge in [-0.2, -0.15) is 0 Å². The SMILES string of the molecule is COC(=O)C1CC(O)CN1Cc1ccncc1. The highest BCUT2D eigenvalue weighted by Gasteiger charge is 2.36. The van der Waals surface area contributed by atoms with Crippen LogP contribution in [-0.2, 0) is 16.1 Å². The van der Waals surface area contributed by atoms with Crippen LogP contribution >= 0.6 is 0 Å². The highest BCUT2D eigenvalue weighted by atomic mass is 16.5. The summed E-state index contributed by atoms with van der Waals surface area (Å²) < 4.78 is 4.75. The van der Waals surface area contributed by atoms with Crippen molar-refractivity contribution in [1.82, 2.24) is 9.88 Å². The maximum atomic E-state index is 11.6. The molecule has 1 saturated heterocycles. The van der Waals surface area contributed by atoms with Gasteiger partial charge >= 0.3 is 5.97 Å². The first-order valence-electron chi connectivity index (χ1n) is 5.59. The minimum absolute atomic E-state index is 0.282. The average Bonchev–Trinajstić information content (AvgIpc) is 2.70. The van der Waals surface area contributed by atoms with E-state index in [-0.39, 0.29) is 12.0 Å². The minimum Gasteiger partial charge on any atom is -0.468 e. The summed E-state index contributed by atoms with van der Waals surface area (Å²) >= 11 is 0. The molecule has 0 amide bonds. The standard InChI is InChI=1S/C12H16N2O3/c1-17-12(16)11-6-10(15)8-14(11)7-9-2-4-13-5-3-9/h2-5,10-11,15H,6-8H2,1H3. The van der Waals surface area contributed by atoms with Crippen molar-refractivity contribution >= 4 is 5.97 Å². The maximum Gasteiger partial charge on any atom is 0.323 e. The number of likely N-dealkylation sites (tertiary alicyclic amines) is 1. The lowest BCUT2D eigenvalue weighted by atomic mass is 10.2. The van der Waals surface area contributed by atoms with Crippen LogP contribution in [0, 0.1) is 0 Å². The number of pyridine rings is 1. The third-order valence-corrected chi connectivity index (χ3v) is 2.99. The number of nitrogens with zero attached hydrogens (tertiary/aromatic N) is 2. The Morgan fingerprint density at radius 1 is 1.59 bits per heavy atom. The number of aliphatic hydroxyl groups excluding tert-OH is 1. The average molecular weight is 236 g/mol. The molecule has 0 aromatic carbocycles. The number of hydrogen-bond donors (Lipinski definition) is 1. The van der Waals surface area contributed by atoms with E-state index in [0.29, 0.717) is 19.5 Å². The molecule has 1 N–H and O–H groups in total. The van der Waals surface area contributed by atoms with Gasteiger partial charge in [-0.25, -0.2) is 0 Å². The summed E-state index contributed by atoms with van der Waals surface area (Å²) in [4.78, 5) is 17.5. The van der Waals surface area contributed by atoms with Crippen LogP contribution in [0.2, 0.25) is 0 Å². The van der Waals surface area contributed by atoms with Gasteiger partial charge in [0.25, 0.3) is 0 Å². The van der Waals surface area contributed by atoms with Crippen LogP contribution in [0.15, 0.2) is 24.5 Å². The number of carbonyl (C=O) groups excluding carboxylic acids is 1. The van der Waals surface area contributed by atoms with Crippen LogP contribution in [0.1, 0.15) is 12.0 Å². The monoisotopic (exact) mass is 236 g/mol. The van der Waals surface area contributed by atoms with Crippen LogP contribution < -0.4 is 0 Å². The van der Waals surface area contributed by atoms with Crippen molar-refractivity contribution in [3.63, 3.8) is 0 Å². The molecule has 1 aliphatic rings. The van der Waals surface area contributed by atoms with E-state index in [0.717, 1.165) is 5.56 Å². The fourth-order valence-electron chi connectivity index (χ4n) is 2.16. The number of ether oxygens (including phenoxy) is 1. The fraction of sp³-hybridized carbons (Fsp3) is 0.500. The van der Waals surface area contributed by atoms with Gasteiger partial charge < -0.3 is 9.84 Å². The topological polar surface area (TPSA) is 62.7 Å². The molecule has 0 bridgehead atoms. The second kappa shape index (κ2) is 5.25. The summed E-state index contributed by atoms with van der Waals surface area (Å²) in [5.41, 5.74) is 1.07. The molecule has 0 aliphatic carbocycles. The van der Waals surface area contributed by atoms with Gasteiger partial charge in [-0.1, -0.05) is 0 Å². The highest BCUT2D eigenvalue weighted by molar-refractivity contribution is 5.76. The maximum absolute atomic E-state index is 11.6. The molecule has 1 fully saturated rings. The van der Waals surface area contributed by atoms with Crippen LogP contribution in [0.25, 0.3) is 0 Å². The molecule has 0 saturated carbocycles. The largest absolute Gasteiger partial charge is 0.468 e. The van der Waals surface area contributed by atoms with Gasteiger partial charge in [0, 0.05) is 31.9 Å². The Morgan fingerprint density at radius 3 is 2.94 bits per heavy atom. The summed E-state index contributed by atoms with van der Waals surface area (Å²) in [7, 11) is 1.37. The third kappa shape index (κ3) is 2.81. The Bertz CT molecular complexity index is 383. The minimum atomic E-state index is -0.457. The predicted octanol–water partition coefficient (Wildman–Crippen LogP) is 0.190. The number of aliphatic hydroxyl groups is 1. The van der Waals surface area contributed by atoms with Crippen molar-refractivity contribution in [1.29, 1.82) is 0 Å². The Morgan fingerprint density at radius 2 is 2.29 bits per heavy atom. The van der Waals surface area contributed by atoms with E-state index in [2.05, 4.69) is 4.98 Å². The van der Waals surface area contributed by atoms with Gasteiger partial charge in [-0.3, -0.25) is 14.7 Å². The predicted molar refractivity (Wildman–Crippen MR) is 61.1 cm³/mol. The summed E-state index contributed by atoms with van der Waals surface area (Å²) in [5.74, 6) is -0.282. The Hall–Kier alpha value is -1.46. The first kappa shape index (κ1) is 12.0. The summed E-state index contributed by atoms with van der Waals surface area (Å²) in [5, 5.41) is 9.63. The van der Waals surface area contributed by atoms with Crippen molar-refractivity contribution < 1.29 is 14.6 Å². The van der Waals surface area contributed by atoms with Crippen molar-refractivity contribution in [3.05, 3.63) is 30.1 Å². The smallest absolute Gasteiger partial charge is 0.323 e. The fourth-order valence-corrected chi connectivity index (χ4v) is 2.16. The summed E-state index contributed by atoms with van der Waals surface area (Å²) in [6, 6.07) is 3.46. The zero-order valence-electron chi connectivity index (χ0n) is 9.74. The number of carbonyl (C=O) groups is 1. The molecule has 0 spiro atoms. The normalized spacial score (nSPS) is 24.8. The van der Waals surface area contributed by atoms with Crippen LogP contribution in [0.5, 0.6) is 0 Å². The molecular weight excluding hydrogens is 220 g/mol. The molecule has 5 nitrogen and oxygen atoms in total. The first-order valence-corrected chi connectivity index (χ1v) is 5.59. The van der Waals surface area contributed by atoms with E-state index in [1.807, 2.05) is 17.0 Å². The van der Waals surface area contributed by atoms with Crippen molar-refractivity contribution in [2.75, 3.05) is 13.7 Å². The van der Waals surface area contributed by atoms with Crippen LogP contribution in [0.4, 0.5) is 0 Å². The van der Waals surface area contributed by atoms with Crippen molar-refractivity contribution in [3.8, 4) is 0 Å². The second-order valence-electron chi connectivity index (χ2n) is 4.21. The van der Waals surface area contributed by atoms with E-state index in [9.17, 15) is 9.90 Å². The van der Waals surface area contributed by atoms with Gasteiger partial charge in [0.1, 0.15) is 6.04 Å². The van der Waals surface area contributed by atoms with Gasteiger partial charge in [0.05, 0.1) is 13.2 Å². The zero-order valence-corrected chi connectivity index (χ0v) is 9.74. The third-order valence-electron chi connectivity index (χ3n) is 2.99. The lowest BCUT2D eigenvalue weighted by Gasteiger charge is -2.21. The zero-order chi connectivity index (χ0) is 12.3. The Balaban J connectivity index is 2.06. The lowest BCUT2D eigenvalue weighted by molar-refractivity contribution is -0.146. The summed E-state index contributed by atoms with van der Waals surface area (Å²) in [6.07, 6.45) is 3.42. The highest BCUT2D eigenvalue weighted by Crippen LogP contribution is 2.21. The van der Waals surface area contributed by atoms with E-state index in [1.165, 1.54) is 7.11 Å². The number of rotatable bonds is 3. The molecule has 1 aromatic heterocycles. The Labute approximate surface area is 100 Å². The molecule has 5 heteroatoms. The number of esters is 1. The quantitative estimate of drug-likeness (QED) is 0.759. The van der Waals surface area contributed by atoms with E-state index >= 15 is 0 Å². The molecule has 2 unspecified atom stereocenters. The molecule has 1 aliphatic heterocycles. The molecule has 17 heavy (non-hydrogen) atoms. The molecule has 0 radical (unpaired) electrons. The molecule has 92 valence electrons. The second-order valence-corrected chi connectivity index (χ2v) is 4.21. The molecular formula is C12H16N2O3. The number of β-amino-alcohol motifs (C(OH)–C–C–N with tert-alkyl or cyclic N) is 1. The van der Waals surface area contributed by atoms with Crippen LogP contribution in [0.3, 0.4) is 0 Å². The van der Waals surface area contributed by atoms with E-state index < -0.39 is 6.10 Å². The first-order chi connectivity index (χ1) is 8.20. The van der Waals surface area contributed by atoms with E-state index in [4.69, 9.17) is 4.74 Å². The van der Waals surface area contributed by atoms with Gasteiger partial charge in [-0.15, -0.1) is 0 Å². The number of hydrogen-bond acceptors (Lipinski definition) is 5.